The molecule has 0 aliphatic heterocycles. The number of anilines is 1. The van der Waals surface area contributed by atoms with Gasteiger partial charge in [-0.05, 0) is 56.5 Å². The van der Waals surface area contributed by atoms with E-state index in [-0.39, 0.29) is 17.6 Å². The van der Waals surface area contributed by atoms with Crippen LogP contribution in [0, 0.1) is 13.8 Å². The molecule has 0 atom stereocenters. The molecule has 0 radical (unpaired) electrons. The van der Waals surface area contributed by atoms with Crippen molar-refractivity contribution >= 4 is 23.3 Å². The molecule has 1 aliphatic carbocycles. The maximum Gasteiger partial charge on any atom is 0.292 e. The second-order valence-electron chi connectivity index (χ2n) is 7.12. The standard InChI is InChI=1S/C22H21N5O3/c1-13-6-11-24-18(12-13)25-22(29)20-14(2)19-16(4-3-5-17(19)30-20)26-27-21(28)15-7-9-23-10-8-15/h6-12H,3-5H2,1-2H3,(H,27,28)(H,24,25,29)/b26-16+. The molecule has 1 aliphatic rings. The van der Waals surface area contributed by atoms with E-state index in [0.29, 0.717) is 41.3 Å². The van der Waals surface area contributed by atoms with Gasteiger partial charge in [0.25, 0.3) is 11.8 Å². The Balaban J connectivity index is 1.57. The van der Waals surface area contributed by atoms with E-state index in [1.165, 1.54) is 0 Å². The number of fused-ring (bicyclic) bond motifs is 1. The van der Waals surface area contributed by atoms with Crippen LogP contribution < -0.4 is 10.7 Å². The fourth-order valence-electron chi connectivity index (χ4n) is 3.46. The summed E-state index contributed by atoms with van der Waals surface area (Å²) in [5.74, 6) is 0.727. The van der Waals surface area contributed by atoms with Gasteiger partial charge in [-0.3, -0.25) is 14.6 Å². The Hall–Kier alpha value is -3.81. The molecule has 3 aromatic rings. The number of carbonyl (C=O) groups is 2. The van der Waals surface area contributed by atoms with Crippen molar-refractivity contribution in [2.24, 2.45) is 5.10 Å². The largest absolute Gasteiger partial charge is 0.455 e. The van der Waals surface area contributed by atoms with Gasteiger partial charge < -0.3 is 9.73 Å². The van der Waals surface area contributed by atoms with E-state index >= 15 is 0 Å². The van der Waals surface area contributed by atoms with Crippen LogP contribution in [0.1, 0.15) is 56.2 Å². The number of nitrogens with zero attached hydrogens (tertiary/aromatic N) is 3. The van der Waals surface area contributed by atoms with Gasteiger partial charge >= 0.3 is 0 Å². The predicted molar refractivity (Wildman–Crippen MR) is 112 cm³/mol. The number of aromatic nitrogens is 2. The molecule has 0 bridgehead atoms. The highest BCUT2D eigenvalue weighted by molar-refractivity contribution is 6.09. The van der Waals surface area contributed by atoms with Crippen LogP contribution in [0.25, 0.3) is 0 Å². The van der Waals surface area contributed by atoms with Gasteiger partial charge in [-0.25, -0.2) is 10.4 Å². The minimum absolute atomic E-state index is 0.235. The lowest BCUT2D eigenvalue weighted by atomic mass is 9.93. The van der Waals surface area contributed by atoms with Crippen LogP contribution in [-0.4, -0.2) is 27.5 Å². The van der Waals surface area contributed by atoms with Gasteiger partial charge in [0.2, 0.25) is 0 Å². The van der Waals surface area contributed by atoms with E-state index < -0.39 is 0 Å². The van der Waals surface area contributed by atoms with Gasteiger partial charge in [-0.1, -0.05) is 0 Å². The smallest absolute Gasteiger partial charge is 0.292 e. The van der Waals surface area contributed by atoms with Crippen molar-refractivity contribution in [1.29, 1.82) is 0 Å². The minimum Gasteiger partial charge on any atom is -0.455 e. The second-order valence-corrected chi connectivity index (χ2v) is 7.12. The first-order valence-electron chi connectivity index (χ1n) is 9.66. The molecule has 3 aromatic heterocycles. The Morgan fingerprint density at radius 1 is 1.07 bits per heavy atom. The van der Waals surface area contributed by atoms with E-state index in [9.17, 15) is 9.59 Å². The number of pyridine rings is 2. The van der Waals surface area contributed by atoms with E-state index in [1.54, 1.807) is 36.8 Å². The summed E-state index contributed by atoms with van der Waals surface area (Å²) in [5.41, 5.74) is 6.25. The zero-order chi connectivity index (χ0) is 21.1. The van der Waals surface area contributed by atoms with Gasteiger partial charge in [0.15, 0.2) is 5.76 Å². The summed E-state index contributed by atoms with van der Waals surface area (Å²) >= 11 is 0. The molecule has 0 aromatic carbocycles. The van der Waals surface area contributed by atoms with Gasteiger partial charge in [0.1, 0.15) is 11.6 Å². The van der Waals surface area contributed by atoms with E-state index in [1.807, 2.05) is 19.9 Å². The number of nitrogens with one attached hydrogen (secondary N) is 2. The third-order valence-corrected chi connectivity index (χ3v) is 4.92. The number of hydrazone groups is 1. The van der Waals surface area contributed by atoms with Gasteiger partial charge in [0.05, 0.1) is 5.71 Å². The van der Waals surface area contributed by atoms with Crippen LogP contribution in [0.15, 0.2) is 52.4 Å². The number of rotatable bonds is 4. The Kier molecular flexibility index (Phi) is 5.38. The normalized spacial score (nSPS) is 14.3. The molecular weight excluding hydrogens is 382 g/mol. The highest BCUT2D eigenvalue weighted by atomic mass is 16.4. The first-order valence-corrected chi connectivity index (χ1v) is 9.66. The number of furan rings is 1. The fraction of sp³-hybridized carbons (Fsp3) is 0.227. The molecule has 30 heavy (non-hydrogen) atoms. The third kappa shape index (κ3) is 3.98. The van der Waals surface area contributed by atoms with E-state index in [2.05, 4.69) is 25.8 Å². The Morgan fingerprint density at radius 2 is 1.87 bits per heavy atom. The van der Waals surface area contributed by atoms with Crippen molar-refractivity contribution in [3.8, 4) is 0 Å². The van der Waals surface area contributed by atoms with Crippen LogP contribution in [0.4, 0.5) is 5.82 Å². The number of hydrogen-bond acceptors (Lipinski definition) is 6. The molecular formula is C22H21N5O3. The van der Waals surface area contributed by atoms with Crippen molar-refractivity contribution in [3.05, 3.63) is 76.6 Å². The Labute approximate surface area is 173 Å². The van der Waals surface area contributed by atoms with Crippen molar-refractivity contribution in [3.63, 3.8) is 0 Å². The van der Waals surface area contributed by atoms with Crippen LogP contribution in [-0.2, 0) is 6.42 Å². The molecule has 0 fully saturated rings. The van der Waals surface area contributed by atoms with E-state index in [4.69, 9.17) is 4.42 Å². The SMILES string of the molecule is Cc1ccnc(NC(=O)c2oc3c(c2C)/C(=N/NC(=O)c2ccncc2)CCC3)c1. The maximum atomic E-state index is 12.8. The van der Waals surface area contributed by atoms with Crippen molar-refractivity contribution in [2.45, 2.75) is 33.1 Å². The number of carbonyl (C=O) groups excluding carboxylic acids is 2. The predicted octanol–water partition coefficient (Wildman–Crippen LogP) is 3.41. The average Bonchev–Trinajstić information content (AvgIpc) is 3.10. The summed E-state index contributed by atoms with van der Waals surface area (Å²) in [6.07, 6.45) is 6.96. The topological polar surface area (TPSA) is 109 Å². The summed E-state index contributed by atoms with van der Waals surface area (Å²) in [5, 5.41) is 7.10. The Morgan fingerprint density at radius 3 is 2.63 bits per heavy atom. The molecule has 2 amide bonds. The summed E-state index contributed by atoms with van der Waals surface area (Å²) in [6, 6.07) is 6.88. The van der Waals surface area contributed by atoms with Crippen molar-refractivity contribution in [2.75, 3.05) is 5.32 Å². The molecule has 0 saturated carbocycles. The quantitative estimate of drug-likeness (QED) is 0.649. The fourth-order valence-corrected chi connectivity index (χ4v) is 3.46. The first kappa shape index (κ1) is 19.5. The summed E-state index contributed by atoms with van der Waals surface area (Å²) in [6.45, 7) is 3.75. The molecule has 4 rings (SSSR count). The minimum atomic E-state index is -0.361. The van der Waals surface area contributed by atoms with Crippen molar-refractivity contribution < 1.29 is 14.0 Å². The Bertz CT molecular complexity index is 1130. The zero-order valence-corrected chi connectivity index (χ0v) is 16.7. The van der Waals surface area contributed by atoms with Gasteiger partial charge in [0, 0.05) is 41.7 Å². The molecule has 2 N–H and O–H groups in total. The molecule has 152 valence electrons. The third-order valence-electron chi connectivity index (χ3n) is 4.92. The van der Waals surface area contributed by atoms with Crippen LogP contribution in [0.3, 0.4) is 0 Å². The van der Waals surface area contributed by atoms with Crippen molar-refractivity contribution in [1.82, 2.24) is 15.4 Å². The molecule has 8 nitrogen and oxygen atoms in total. The highest BCUT2D eigenvalue weighted by Gasteiger charge is 2.28. The maximum absolute atomic E-state index is 12.8. The lowest BCUT2D eigenvalue weighted by Gasteiger charge is -2.13. The molecule has 8 heteroatoms. The summed E-state index contributed by atoms with van der Waals surface area (Å²) in [4.78, 5) is 33.1. The summed E-state index contributed by atoms with van der Waals surface area (Å²) in [7, 11) is 0. The van der Waals surface area contributed by atoms with Crippen LogP contribution in [0.5, 0.6) is 0 Å². The monoisotopic (exact) mass is 403 g/mol. The van der Waals surface area contributed by atoms with Gasteiger partial charge in [-0.2, -0.15) is 5.10 Å². The number of hydrogen-bond donors (Lipinski definition) is 2. The summed E-state index contributed by atoms with van der Waals surface area (Å²) < 4.78 is 5.88. The molecule has 0 saturated heterocycles. The highest BCUT2D eigenvalue weighted by Crippen LogP contribution is 2.30. The lowest BCUT2D eigenvalue weighted by molar-refractivity contribution is 0.0953. The molecule has 3 heterocycles. The van der Waals surface area contributed by atoms with Gasteiger partial charge in [-0.15, -0.1) is 0 Å². The molecule has 0 spiro atoms. The number of amides is 2. The number of aryl methyl sites for hydroxylation is 2. The lowest BCUT2D eigenvalue weighted by Crippen LogP contribution is -2.22. The zero-order valence-electron chi connectivity index (χ0n) is 16.7. The van der Waals surface area contributed by atoms with E-state index in [0.717, 1.165) is 17.5 Å². The van der Waals surface area contributed by atoms with Crippen LogP contribution in [0.2, 0.25) is 0 Å². The molecule has 0 unspecified atom stereocenters. The second kappa shape index (κ2) is 8.28. The average molecular weight is 403 g/mol. The first-order chi connectivity index (χ1) is 14.5. The van der Waals surface area contributed by atoms with Crippen LogP contribution >= 0.6 is 0 Å².